The van der Waals surface area contributed by atoms with Crippen molar-refractivity contribution >= 4 is 29.1 Å². The number of benzene rings is 1. The van der Waals surface area contributed by atoms with Crippen LogP contribution in [0.4, 0.5) is 5.69 Å². The Kier molecular flexibility index (Phi) is 4.30. The number of ketones is 1. The molecule has 0 spiro atoms. The van der Waals surface area contributed by atoms with Crippen molar-refractivity contribution in [1.82, 2.24) is 0 Å². The summed E-state index contributed by atoms with van der Waals surface area (Å²) in [7, 11) is 0. The molecule has 4 heteroatoms. The van der Waals surface area contributed by atoms with Gasteiger partial charge in [-0.25, -0.2) is 0 Å². The Bertz CT molecular complexity index is 513. The van der Waals surface area contributed by atoms with E-state index in [2.05, 4.69) is 6.92 Å². The van der Waals surface area contributed by atoms with E-state index in [-0.39, 0.29) is 16.9 Å². The first-order valence-electron chi connectivity index (χ1n) is 6.73. The van der Waals surface area contributed by atoms with E-state index in [0.29, 0.717) is 6.42 Å². The van der Waals surface area contributed by atoms with Crippen LogP contribution in [0.15, 0.2) is 23.1 Å². The molecule has 0 bridgehead atoms. The largest absolute Gasteiger partial charge is 0.310 e. The van der Waals surface area contributed by atoms with E-state index in [0.717, 1.165) is 29.1 Å². The van der Waals surface area contributed by atoms with Crippen LogP contribution >= 0.6 is 11.8 Å². The third-order valence-corrected chi connectivity index (χ3v) is 4.39. The fraction of sp³-hybridized carbons (Fsp3) is 0.467. The highest BCUT2D eigenvalue weighted by Gasteiger charge is 2.30. The Morgan fingerprint density at radius 2 is 2.11 bits per heavy atom. The Hall–Kier alpha value is -1.29. The second kappa shape index (κ2) is 5.78. The molecule has 1 aliphatic rings. The van der Waals surface area contributed by atoms with E-state index in [1.54, 1.807) is 11.8 Å². The zero-order valence-corrected chi connectivity index (χ0v) is 12.4. The van der Waals surface area contributed by atoms with Gasteiger partial charge in [0, 0.05) is 23.4 Å². The van der Waals surface area contributed by atoms with E-state index in [9.17, 15) is 9.59 Å². The normalized spacial score (nSPS) is 18.4. The number of carbonyl (C=O) groups excluding carboxylic acids is 2. The van der Waals surface area contributed by atoms with E-state index >= 15 is 0 Å². The molecule has 19 heavy (non-hydrogen) atoms. The summed E-state index contributed by atoms with van der Waals surface area (Å²) in [6.45, 7) is 6.59. The molecule has 0 aromatic heterocycles. The lowest BCUT2D eigenvalue weighted by Crippen LogP contribution is -2.40. The molecule has 1 aromatic carbocycles. The van der Waals surface area contributed by atoms with Crippen molar-refractivity contribution in [3.8, 4) is 0 Å². The van der Waals surface area contributed by atoms with Gasteiger partial charge in [-0.15, -0.1) is 11.8 Å². The van der Waals surface area contributed by atoms with Crippen molar-refractivity contribution in [3.05, 3.63) is 23.8 Å². The second-order valence-corrected chi connectivity index (χ2v) is 6.09. The van der Waals surface area contributed by atoms with Crippen LogP contribution in [0.1, 0.15) is 44.0 Å². The zero-order chi connectivity index (χ0) is 14.0. The van der Waals surface area contributed by atoms with Crippen LogP contribution in [0.3, 0.4) is 0 Å². The molecule has 2 rings (SSSR count). The van der Waals surface area contributed by atoms with Crippen LogP contribution in [0, 0.1) is 0 Å². The van der Waals surface area contributed by atoms with Gasteiger partial charge in [-0.3, -0.25) is 9.59 Å². The summed E-state index contributed by atoms with van der Waals surface area (Å²) >= 11 is 1.55. The van der Waals surface area contributed by atoms with Crippen molar-refractivity contribution in [3.63, 3.8) is 0 Å². The molecule has 3 nitrogen and oxygen atoms in total. The van der Waals surface area contributed by atoms with Crippen LogP contribution < -0.4 is 4.90 Å². The SMILES string of the molecule is CCCN1C(=O)C(C)Sc2cc(C(=O)CC)ccc21. The lowest BCUT2D eigenvalue weighted by Gasteiger charge is -2.32. The third-order valence-electron chi connectivity index (χ3n) is 3.26. The maximum absolute atomic E-state index is 12.2. The molecular formula is C15H19NO2S. The summed E-state index contributed by atoms with van der Waals surface area (Å²) < 4.78 is 0. The van der Waals surface area contributed by atoms with Crippen molar-refractivity contribution in [1.29, 1.82) is 0 Å². The highest BCUT2D eigenvalue weighted by molar-refractivity contribution is 8.01. The molecule has 1 heterocycles. The number of thioether (sulfide) groups is 1. The lowest BCUT2D eigenvalue weighted by atomic mass is 10.1. The Morgan fingerprint density at radius 1 is 1.37 bits per heavy atom. The first-order valence-corrected chi connectivity index (χ1v) is 7.61. The number of nitrogens with zero attached hydrogens (tertiary/aromatic N) is 1. The van der Waals surface area contributed by atoms with Gasteiger partial charge < -0.3 is 4.90 Å². The average molecular weight is 277 g/mol. The van der Waals surface area contributed by atoms with E-state index in [1.165, 1.54) is 0 Å². The fourth-order valence-electron chi connectivity index (χ4n) is 2.24. The smallest absolute Gasteiger partial charge is 0.240 e. The highest BCUT2D eigenvalue weighted by atomic mass is 32.2. The minimum atomic E-state index is -0.0778. The number of Topliss-reactive ketones (excluding diaryl/α,β-unsaturated/α-hetero) is 1. The molecular weight excluding hydrogens is 258 g/mol. The van der Waals surface area contributed by atoms with Gasteiger partial charge in [0.15, 0.2) is 5.78 Å². The average Bonchev–Trinajstić information content (AvgIpc) is 2.42. The minimum absolute atomic E-state index is 0.0778. The number of rotatable bonds is 4. The van der Waals surface area contributed by atoms with Crippen LogP contribution in [-0.2, 0) is 4.79 Å². The van der Waals surface area contributed by atoms with Crippen LogP contribution in [0.5, 0.6) is 0 Å². The van der Waals surface area contributed by atoms with E-state index in [1.807, 2.05) is 36.9 Å². The Balaban J connectivity index is 2.42. The summed E-state index contributed by atoms with van der Waals surface area (Å²) in [5.74, 6) is 0.309. The molecule has 1 aliphatic heterocycles. The summed E-state index contributed by atoms with van der Waals surface area (Å²) in [5, 5.41) is -0.0778. The number of carbonyl (C=O) groups is 2. The first kappa shape index (κ1) is 14.1. The van der Waals surface area contributed by atoms with Gasteiger partial charge in [0.05, 0.1) is 10.9 Å². The van der Waals surface area contributed by atoms with Gasteiger partial charge in [-0.2, -0.15) is 0 Å². The molecule has 0 fully saturated rings. The molecule has 1 atom stereocenters. The molecule has 102 valence electrons. The quantitative estimate of drug-likeness (QED) is 0.790. The standard InChI is InChI=1S/C15H19NO2S/c1-4-8-16-12-7-6-11(13(17)5-2)9-14(12)19-10(3)15(16)18/h6-7,9-10H,4-5,8H2,1-3H3. The van der Waals surface area contributed by atoms with Crippen LogP contribution in [0.25, 0.3) is 0 Å². The predicted molar refractivity (Wildman–Crippen MR) is 79.0 cm³/mol. The van der Waals surface area contributed by atoms with Crippen molar-refractivity contribution in [2.75, 3.05) is 11.4 Å². The number of amides is 1. The minimum Gasteiger partial charge on any atom is -0.310 e. The van der Waals surface area contributed by atoms with Gasteiger partial charge in [0.1, 0.15) is 0 Å². The van der Waals surface area contributed by atoms with Gasteiger partial charge in [0.2, 0.25) is 5.91 Å². The van der Waals surface area contributed by atoms with Crippen molar-refractivity contribution in [2.24, 2.45) is 0 Å². The van der Waals surface area contributed by atoms with Crippen molar-refractivity contribution < 1.29 is 9.59 Å². The van der Waals surface area contributed by atoms with E-state index in [4.69, 9.17) is 0 Å². The lowest BCUT2D eigenvalue weighted by molar-refractivity contribution is -0.118. The van der Waals surface area contributed by atoms with Crippen LogP contribution in [0.2, 0.25) is 0 Å². The molecule has 0 saturated heterocycles. The highest BCUT2D eigenvalue weighted by Crippen LogP contribution is 2.39. The maximum Gasteiger partial charge on any atom is 0.240 e. The first-order chi connectivity index (χ1) is 9.08. The molecule has 0 saturated carbocycles. The monoisotopic (exact) mass is 277 g/mol. The Morgan fingerprint density at radius 3 is 2.74 bits per heavy atom. The maximum atomic E-state index is 12.2. The number of fused-ring (bicyclic) bond motifs is 1. The topological polar surface area (TPSA) is 37.4 Å². The zero-order valence-electron chi connectivity index (χ0n) is 11.6. The number of hydrogen-bond acceptors (Lipinski definition) is 3. The third kappa shape index (κ3) is 2.68. The molecule has 1 unspecified atom stereocenters. The van der Waals surface area contributed by atoms with E-state index < -0.39 is 0 Å². The molecule has 0 aliphatic carbocycles. The number of anilines is 1. The summed E-state index contributed by atoms with van der Waals surface area (Å²) in [6, 6.07) is 5.67. The van der Waals surface area contributed by atoms with Gasteiger partial charge in [-0.1, -0.05) is 13.8 Å². The fourth-order valence-corrected chi connectivity index (χ4v) is 3.35. The molecule has 1 amide bonds. The summed E-state index contributed by atoms with van der Waals surface area (Å²) in [4.78, 5) is 26.8. The van der Waals surface area contributed by atoms with Crippen molar-refractivity contribution in [2.45, 2.75) is 43.8 Å². The summed E-state index contributed by atoms with van der Waals surface area (Å²) in [6.07, 6.45) is 1.44. The van der Waals surface area contributed by atoms with Gasteiger partial charge in [-0.05, 0) is 31.5 Å². The summed E-state index contributed by atoms with van der Waals surface area (Å²) in [5.41, 5.74) is 1.69. The van der Waals surface area contributed by atoms with Gasteiger partial charge >= 0.3 is 0 Å². The van der Waals surface area contributed by atoms with Crippen LogP contribution in [-0.4, -0.2) is 23.5 Å². The predicted octanol–water partition coefficient (Wildman–Crippen LogP) is 3.52. The molecule has 1 aromatic rings. The number of hydrogen-bond donors (Lipinski definition) is 0. The van der Waals surface area contributed by atoms with Gasteiger partial charge in [0.25, 0.3) is 0 Å². The Labute approximate surface area is 118 Å². The molecule has 0 N–H and O–H groups in total. The molecule has 0 radical (unpaired) electrons. The second-order valence-electron chi connectivity index (χ2n) is 4.71.